The van der Waals surface area contributed by atoms with Crippen LogP contribution in [0.2, 0.25) is 0 Å². The Hall–Kier alpha value is -2.77. The van der Waals surface area contributed by atoms with Gasteiger partial charge in [0.15, 0.2) is 5.82 Å². The summed E-state index contributed by atoms with van der Waals surface area (Å²) >= 11 is 3.15. The molecular weight excluding hydrogens is 366 g/mol. The average Bonchev–Trinajstić information content (AvgIpc) is 3.44. The third-order valence-electron chi connectivity index (χ3n) is 3.83. The standard InChI is InChI=1S/C19H15N3O2S2/c23-18(17(14-8-4-10-25-14)15-9-5-11-26-15)20-12-16-21-19(24-22-16)13-6-2-1-3-7-13/h1-11,17H,12H2,(H,20,23). The Morgan fingerprint density at radius 1 is 1.00 bits per heavy atom. The van der Waals surface area contributed by atoms with Crippen molar-refractivity contribution in [1.82, 2.24) is 15.5 Å². The molecule has 4 aromatic rings. The molecule has 0 aliphatic carbocycles. The molecule has 0 aliphatic rings. The van der Waals surface area contributed by atoms with Crippen molar-refractivity contribution in [2.45, 2.75) is 12.5 Å². The van der Waals surface area contributed by atoms with Gasteiger partial charge in [-0.05, 0) is 35.0 Å². The quantitative estimate of drug-likeness (QED) is 0.540. The van der Waals surface area contributed by atoms with E-state index in [2.05, 4.69) is 15.5 Å². The normalized spacial score (nSPS) is 11.0. The number of nitrogens with one attached hydrogen (secondary N) is 1. The molecule has 3 heterocycles. The Balaban J connectivity index is 1.47. The number of aromatic nitrogens is 2. The zero-order valence-electron chi connectivity index (χ0n) is 13.7. The maximum absolute atomic E-state index is 12.8. The van der Waals surface area contributed by atoms with Crippen LogP contribution in [0.25, 0.3) is 11.5 Å². The number of hydrogen-bond acceptors (Lipinski definition) is 6. The van der Waals surface area contributed by atoms with Gasteiger partial charge in [0.05, 0.1) is 6.54 Å². The number of carbonyl (C=O) groups excluding carboxylic acids is 1. The van der Waals surface area contributed by atoms with Crippen molar-refractivity contribution in [3.05, 3.63) is 80.9 Å². The lowest BCUT2D eigenvalue weighted by Crippen LogP contribution is -2.29. The van der Waals surface area contributed by atoms with Crippen molar-refractivity contribution >= 4 is 28.6 Å². The zero-order valence-corrected chi connectivity index (χ0v) is 15.3. The highest BCUT2D eigenvalue weighted by atomic mass is 32.1. The van der Waals surface area contributed by atoms with E-state index < -0.39 is 0 Å². The minimum absolute atomic E-state index is 0.0686. The van der Waals surface area contributed by atoms with Gasteiger partial charge >= 0.3 is 0 Å². The molecule has 26 heavy (non-hydrogen) atoms. The fourth-order valence-electron chi connectivity index (χ4n) is 2.60. The summed E-state index contributed by atoms with van der Waals surface area (Å²) in [7, 11) is 0. The Labute approximate surface area is 158 Å². The number of benzene rings is 1. The maximum Gasteiger partial charge on any atom is 0.257 e. The molecule has 0 aliphatic heterocycles. The minimum Gasteiger partial charge on any atom is -0.348 e. The molecule has 3 aromatic heterocycles. The summed E-state index contributed by atoms with van der Waals surface area (Å²) in [6, 6.07) is 17.4. The van der Waals surface area contributed by atoms with Gasteiger partial charge in [-0.2, -0.15) is 4.98 Å². The maximum atomic E-state index is 12.8. The van der Waals surface area contributed by atoms with Gasteiger partial charge in [0, 0.05) is 15.3 Å². The van der Waals surface area contributed by atoms with Crippen LogP contribution in [0.4, 0.5) is 0 Å². The molecular formula is C19H15N3O2S2. The molecule has 130 valence electrons. The molecule has 0 radical (unpaired) electrons. The number of rotatable bonds is 6. The van der Waals surface area contributed by atoms with E-state index >= 15 is 0 Å². The predicted octanol–water partition coefficient (Wildman–Crippen LogP) is 4.31. The van der Waals surface area contributed by atoms with Crippen molar-refractivity contribution in [2.75, 3.05) is 0 Å². The molecule has 0 fully saturated rings. The van der Waals surface area contributed by atoms with Crippen LogP contribution >= 0.6 is 22.7 Å². The van der Waals surface area contributed by atoms with Crippen molar-refractivity contribution in [3.63, 3.8) is 0 Å². The number of nitrogens with zero attached hydrogens (tertiary/aromatic N) is 2. The van der Waals surface area contributed by atoms with Crippen LogP contribution in [0.5, 0.6) is 0 Å². The summed E-state index contributed by atoms with van der Waals surface area (Å²) < 4.78 is 5.28. The summed E-state index contributed by atoms with van der Waals surface area (Å²) in [4.78, 5) is 19.2. The lowest BCUT2D eigenvalue weighted by molar-refractivity contribution is -0.121. The first-order valence-corrected chi connectivity index (χ1v) is 9.80. The van der Waals surface area contributed by atoms with E-state index in [1.54, 1.807) is 22.7 Å². The van der Waals surface area contributed by atoms with Crippen LogP contribution in [-0.4, -0.2) is 16.0 Å². The molecule has 0 saturated heterocycles. The molecule has 5 nitrogen and oxygen atoms in total. The van der Waals surface area contributed by atoms with Crippen LogP contribution in [0, 0.1) is 0 Å². The van der Waals surface area contributed by atoms with Crippen molar-refractivity contribution in [2.24, 2.45) is 0 Å². The van der Waals surface area contributed by atoms with E-state index in [4.69, 9.17) is 4.52 Å². The van der Waals surface area contributed by atoms with Gasteiger partial charge in [-0.25, -0.2) is 0 Å². The summed E-state index contributed by atoms with van der Waals surface area (Å²) in [5.41, 5.74) is 0.854. The Morgan fingerprint density at radius 3 is 2.31 bits per heavy atom. The van der Waals surface area contributed by atoms with E-state index in [0.29, 0.717) is 11.7 Å². The number of thiophene rings is 2. The van der Waals surface area contributed by atoms with Crippen molar-refractivity contribution < 1.29 is 9.32 Å². The highest BCUT2D eigenvalue weighted by Crippen LogP contribution is 2.31. The van der Waals surface area contributed by atoms with Gasteiger partial charge in [-0.1, -0.05) is 35.5 Å². The summed E-state index contributed by atoms with van der Waals surface area (Å²) in [6.45, 7) is 0.225. The molecule has 0 saturated carbocycles. The second kappa shape index (κ2) is 7.63. The first-order chi connectivity index (χ1) is 12.8. The van der Waals surface area contributed by atoms with Crippen LogP contribution in [0.3, 0.4) is 0 Å². The molecule has 1 aromatic carbocycles. The molecule has 0 bridgehead atoms. The molecule has 0 unspecified atom stereocenters. The molecule has 4 rings (SSSR count). The van der Waals surface area contributed by atoms with Gasteiger partial charge < -0.3 is 9.84 Å². The predicted molar refractivity (Wildman–Crippen MR) is 102 cm³/mol. The first kappa shape index (κ1) is 16.7. The van der Waals surface area contributed by atoms with Gasteiger partial charge in [-0.15, -0.1) is 22.7 Å². The van der Waals surface area contributed by atoms with Crippen molar-refractivity contribution in [3.8, 4) is 11.5 Å². The van der Waals surface area contributed by atoms with Crippen LogP contribution in [-0.2, 0) is 11.3 Å². The largest absolute Gasteiger partial charge is 0.348 e. The Kier molecular flexibility index (Phi) is 4.90. The SMILES string of the molecule is O=C(NCc1noc(-c2ccccc2)n1)C(c1cccs1)c1cccs1. The molecule has 1 N–H and O–H groups in total. The fourth-order valence-corrected chi connectivity index (χ4v) is 4.36. The van der Waals surface area contributed by atoms with Gasteiger partial charge in [0.25, 0.3) is 5.89 Å². The van der Waals surface area contributed by atoms with E-state index in [0.717, 1.165) is 15.3 Å². The number of amides is 1. The molecule has 0 atom stereocenters. The monoisotopic (exact) mass is 381 g/mol. The van der Waals surface area contributed by atoms with Crippen molar-refractivity contribution in [1.29, 1.82) is 0 Å². The van der Waals surface area contributed by atoms with E-state index in [9.17, 15) is 4.79 Å². The van der Waals surface area contributed by atoms with E-state index in [1.807, 2.05) is 65.4 Å². The Bertz CT molecular complexity index is 929. The summed E-state index contributed by atoms with van der Waals surface area (Å²) in [5.74, 6) is 0.521. The topological polar surface area (TPSA) is 68.0 Å². The van der Waals surface area contributed by atoms with Crippen LogP contribution in [0.15, 0.2) is 69.9 Å². The summed E-state index contributed by atoms with van der Waals surface area (Å²) in [5, 5.41) is 10.8. The second-order valence-electron chi connectivity index (χ2n) is 5.56. The highest BCUT2D eigenvalue weighted by molar-refractivity contribution is 7.11. The fraction of sp³-hybridized carbons (Fsp3) is 0.105. The van der Waals surface area contributed by atoms with Gasteiger partial charge in [0.2, 0.25) is 5.91 Å². The third kappa shape index (κ3) is 3.58. The van der Waals surface area contributed by atoms with Gasteiger partial charge in [0.1, 0.15) is 5.92 Å². The van der Waals surface area contributed by atoms with Gasteiger partial charge in [-0.3, -0.25) is 4.79 Å². The summed E-state index contributed by atoms with van der Waals surface area (Å²) in [6.07, 6.45) is 0. The van der Waals surface area contributed by atoms with E-state index in [-0.39, 0.29) is 18.4 Å². The van der Waals surface area contributed by atoms with Crippen LogP contribution < -0.4 is 5.32 Å². The third-order valence-corrected chi connectivity index (χ3v) is 5.70. The zero-order chi connectivity index (χ0) is 17.8. The minimum atomic E-state index is -0.310. The Morgan fingerprint density at radius 2 is 1.69 bits per heavy atom. The molecule has 1 amide bonds. The lowest BCUT2D eigenvalue weighted by Gasteiger charge is -2.13. The van der Waals surface area contributed by atoms with Crippen LogP contribution in [0.1, 0.15) is 21.5 Å². The average molecular weight is 381 g/mol. The molecule has 0 spiro atoms. The lowest BCUT2D eigenvalue weighted by atomic mass is 10.0. The number of hydrogen-bond donors (Lipinski definition) is 1. The molecule has 7 heteroatoms. The smallest absolute Gasteiger partial charge is 0.257 e. The van der Waals surface area contributed by atoms with E-state index in [1.165, 1.54) is 0 Å². The highest BCUT2D eigenvalue weighted by Gasteiger charge is 2.25. The second-order valence-corrected chi connectivity index (χ2v) is 7.52. The first-order valence-electron chi connectivity index (χ1n) is 8.04. The number of carbonyl (C=O) groups is 1.